The first-order valence-corrected chi connectivity index (χ1v) is 16.0. The monoisotopic (exact) mass is 667 g/mol. The number of aromatic nitrogens is 1. The van der Waals surface area contributed by atoms with Crippen molar-refractivity contribution in [2.24, 2.45) is 0 Å². The number of rotatable bonds is 11. The Balaban J connectivity index is 1.20. The number of hydrogen-bond acceptors (Lipinski definition) is 6. The lowest BCUT2D eigenvalue weighted by molar-refractivity contribution is -0.384. The van der Waals surface area contributed by atoms with Crippen LogP contribution in [0, 0.1) is 10.1 Å². The topological polar surface area (TPSA) is 146 Å². The molecule has 1 atom stereocenters. The summed E-state index contributed by atoms with van der Waals surface area (Å²) < 4.78 is 0. The molecule has 0 aliphatic rings. The zero-order valence-corrected chi connectivity index (χ0v) is 26.6. The van der Waals surface area contributed by atoms with Crippen LogP contribution in [-0.2, 0) is 9.59 Å². The SMILES string of the molecule is O=C(Nc1ccc(SC(C(=O)Nc2ccc([N+](=O)[O-])cc2)c2ccccc2)cc1)/C(=C/c1c[nH]c2ccccc12)NC(=O)c1ccccc1. The van der Waals surface area contributed by atoms with E-state index in [2.05, 4.69) is 20.9 Å². The normalized spacial score (nSPS) is 11.8. The Hall–Kier alpha value is -6.46. The minimum Gasteiger partial charge on any atom is -0.361 e. The van der Waals surface area contributed by atoms with Gasteiger partial charge in [0.1, 0.15) is 10.9 Å². The number of anilines is 2. The van der Waals surface area contributed by atoms with Gasteiger partial charge in [-0.3, -0.25) is 24.5 Å². The van der Waals surface area contributed by atoms with Crippen LogP contribution >= 0.6 is 11.8 Å². The molecule has 1 heterocycles. The van der Waals surface area contributed by atoms with Crippen molar-refractivity contribution >= 4 is 63.5 Å². The number of non-ortho nitro benzene ring substituents is 1. The van der Waals surface area contributed by atoms with Gasteiger partial charge in [-0.2, -0.15) is 0 Å². The van der Waals surface area contributed by atoms with E-state index in [1.54, 1.807) is 60.8 Å². The summed E-state index contributed by atoms with van der Waals surface area (Å²) in [4.78, 5) is 54.6. The van der Waals surface area contributed by atoms with Crippen LogP contribution in [0.4, 0.5) is 17.1 Å². The molecule has 10 nitrogen and oxygen atoms in total. The lowest BCUT2D eigenvalue weighted by Gasteiger charge is -2.17. The van der Waals surface area contributed by atoms with Gasteiger partial charge in [0.05, 0.1) is 4.92 Å². The molecule has 1 aromatic heterocycles. The molecule has 0 aliphatic heterocycles. The number of nitrogens with one attached hydrogen (secondary N) is 4. The van der Waals surface area contributed by atoms with E-state index in [1.807, 2.05) is 60.7 Å². The van der Waals surface area contributed by atoms with Crippen molar-refractivity contribution in [2.75, 3.05) is 10.6 Å². The molecule has 3 amide bonds. The summed E-state index contributed by atoms with van der Waals surface area (Å²) >= 11 is 1.32. The molecule has 0 fully saturated rings. The van der Waals surface area contributed by atoms with E-state index in [4.69, 9.17) is 0 Å². The van der Waals surface area contributed by atoms with Crippen LogP contribution < -0.4 is 16.0 Å². The number of benzene rings is 5. The highest BCUT2D eigenvalue weighted by molar-refractivity contribution is 8.00. The molecule has 242 valence electrons. The van der Waals surface area contributed by atoms with E-state index >= 15 is 0 Å². The molecule has 1 unspecified atom stereocenters. The van der Waals surface area contributed by atoms with E-state index in [0.717, 1.165) is 26.9 Å². The van der Waals surface area contributed by atoms with Crippen LogP contribution in [0.2, 0.25) is 0 Å². The summed E-state index contributed by atoms with van der Waals surface area (Å²) in [5.41, 5.74) is 3.72. The van der Waals surface area contributed by atoms with Crippen molar-refractivity contribution in [1.82, 2.24) is 10.3 Å². The van der Waals surface area contributed by atoms with Crippen molar-refractivity contribution in [3.05, 3.63) is 172 Å². The molecule has 6 aromatic rings. The van der Waals surface area contributed by atoms with E-state index in [1.165, 1.54) is 36.0 Å². The van der Waals surface area contributed by atoms with Crippen LogP contribution in [0.3, 0.4) is 0 Å². The van der Waals surface area contributed by atoms with E-state index in [9.17, 15) is 24.5 Å². The van der Waals surface area contributed by atoms with Gasteiger partial charge in [0, 0.05) is 56.6 Å². The van der Waals surface area contributed by atoms with Crippen LogP contribution in [0.15, 0.2) is 150 Å². The van der Waals surface area contributed by atoms with Crippen LogP contribution in [0.25, 0.3) is 17.0 Å². The molecule has 0 bridgehead atoms. The van der Waals surface area contributed by atoms with Crippen molar-refractivity contribution in [1.29, 1.82) is 0 Å². The summed E-state index contributed by atoms with van der Waals surface area (Å²) in [6.07, 6.45) is 3.41. The largest absolute Gasteiger partial charge is 0.361 e. The fraction of sp³-hybridized carbons (Fsp3) is 0.0263. The number of carbonyl (C=O) groups is 3. The number of para-hydroxylation sites is 1. The predicted octanol–water partition coefficient (Wildman–Crippen LogP) is 7.96. The Bertz CT molecular complexity index is 2150. The van der Waals surface area contributed by atoms with E-state index in [-0.39, 0.29) is 17.3 Å². The second kappa shape index (κ2) is 15.0. The number of thioether (sulfide) groups is 1. The fourth-order valence-corrected chi connectivity index (χ4v) is 6.06. The van der Waals surface area contributed by atoms with Gasteiger partial charge in [0.15, 0.2) is 0 Å². The third-order valence-corrected chi connectivity index (χ3v) is 8.77. The van der Waals surface area contributed by atoms with Gasteiger partial charge in [-0.25, -0.2) is 0 Å². The first kappa shape index (κ1) is 32.5. The van der Waals surface area contributed by atoms with Gasteiger partial charge in [-0.05, 0) is 66.2 Å². The molecule has 0 saturated carbocycles. The summed E-state index contributed by atoms with van der Waals surface area (Å²) in [6, 6.07) is 38.2. The number of hydrogen-bond donors (Lipinski definition) is 4. The van der Waals surface area contributed by atoms with Crippen LogP contribution in [-0.4, -0.2) is 27.6 Å². The third kappa shape index (κ3) is 8.10. The van der Waals surface area contributed by atoms with Crippen LogP contribution in [0.1, 0.15) is 26.7 Å². The van der Waals surface area contributed by atoms with E-state index in [0.29, 0.717) is 16.9 Å². The van der Waals surface area contributed by atoms with Crippen molar-refractivity contribution in [2.45, 2.75) is 10.1 Å². The maximum absolute atomic E-state index is 13.6. The average molecular weight is 668 g/mol. The molecule has 0 radical (unpaired) electrons. The quantitative estimate of drug-likeness (QED) is 0.0477. The molecule has 11 heteroatoms. The molecule has 0 saturated heterocycles. The highest BCUT2D eigenvalue weighted by Crippen LogP contribution is 2.37. The predicted molar refractivity (Wildman–Crippen MR) is 192 cm³/mol. The van der Waals surface area contributed by atoms with Crippen LogP contribution in [0.5, 0.6) is 0 Å². The summed E-state index contributed by atoms with van der Waals surface area (Å²) in [6.45, 7) is 0. The van der Waals surface area contributed by atoms with Gasteiger partial charge >= 0.3 is 0 Å². The first-order valence-electron chi connectivity index (χ1n) is 15.2. The minimum absolute atomic E-state index is 0.0594. The molecule has 49 heavy (non-hydrogen) atoms. The zero-order valence-electron chi connectivity index (χ0n) is 25.8. The number of amides is 3. The number of nitro groups is 1. The maximum Gasteiger partial charge on any atom is 0.272 e. The second-order valence-electron chi connectivity index (χ2n) is 10.8. The number of fused-ring (bicyclic) bond motifs is 1. The molecular weight excluding hydrogens is 639 g/mol. The Labute approximate surface area is 285 Å². The van der Waals surface area contributed by atoms with Crippen molar-refractivity contribution < 1.29 is 19.3 Å². The van der Waals surface area contributed by atoms with Crippen molar-refractivity contribution in [3.8, 4) is 0 Å². The molecular formula is C38H29N5O5S. The molecule has 0 aliphatic carbocycles. The molecule has 0 spiro atoms. The molecule has 4 N–H and O–H groups in total. The van der Waals surface area contributed by atoms with Gasteiger partial charge in [-0.15, -0.1) is 11.8 Å². The molecule has 6 rings (SSSR count). The number of aromatic amines is 1. The Kier molecular flexibility index (Phi) is 9.92. The standard InChI is InChI=1S/C38H29N5O5S/c44-36(26-11-5-2-6-12-26)42-34(23-27-24-39-33-14-8-7-13-32(27)33)37(45)40-29-17-21-31(22-18-29)49-35(25-9-3-1-4-10-25)38(46)41-28-15-19-30(20-16-28)43(47)48/h1-24,35,39H,(H,40,45)(H,41,46)(H,42,44)/b34-23-. The third-order valence-electron chi connectivity index (χ3n) is 7.50. The fourth-order valence-electron chi connectivity index (χ4n) is 5.04. The van der Waals surface area contributed by atoms with Gasteiger partial charge < -0.3 is 20.9 Å². The Morgan fingerprint density at radius 3 is 2.04 bits per heavy atom. The van der Waals surface area contributed by atoms with E-state index < -0.39 is 22.0 Å². The maximum atomic E-state index is 13.6. The van der Waals surface area contributed by atoms with Gasteiger partial charge in [-0.1, -0.05) is 66.7 Å². The first-order chi connectivity index (χ1) is 23.8. The number of H-pyrrole nitrogens is 1. The lowest BCUT2D eigenvalue weighted by Crippen LogP contribution is -2.30. The highest BCUT2D eigenvalue weighted by Gasteiger charge is 2.23. The van der Waals surface area contributed by atoms with Crippen molar-refractivity contribution in [3.63, 3.8) is 0 Å². The lowest BCUT2D eigenvalue weighted by atomic mass is 10.1. The summed E-state index contributed by atoms with van der Waals surface area (Å²) in [5, 5.41) is 19.8. The van der Waals surface area contributed by atoms with Gasteiger partial charge in [0.25, 0.3) is 17.5 Å². The highest BCUT2D eigenvalue weighted by atomic mass is 32.2. The number of carbonyl (C=O) groups excluding carboxylic acids is 3. The number of nitrogens with zero attached hydrogens (tertiary/aromatic N) is 1. The average Bonchev–Trinajstić information content (AvgIpc) is 3.54. The second-order valence-corrected chi connectivity index (χ2v) is 12.0. The smallest absolute Gasteiger partial charge is 0.272 e. The summed E-state index contributed by atoms with van der Waals surface area (Å²) in [7, 11) is 0. The Morgan fingerprint density at radius 2 is 1.35 bits per heavy atom. The van der Waals surface area contributed by atoms with Gasteiger partial charge in [0.2, 0.25) is 5.91 Å². The zero-order chi connectivity index (χ0) is 34.2. The molecule has 5 aromatic carbocycles. The summed E-state index contributed by atoms with van der Waals surface area (Å²) in [5.74, 6) is -1.24. The minimum atomic E-state index is -0.643. The Morgan fingerprint density at radius 1 is 0.735 bits per heavy atom. The number of nitro benzene ring substituents is 1.